The maximum absolute atomic E-state index is 13.1. The van der Waals surface area contributed by atoms with Crippen LogP contribution in [-0.4, -0.2) is 47.7 Å². The van der Waals surface area contributed by atoms with E-state index in [1.807, 2.05) is 6.07 Å². The Labute approximate surface area is 227 Å². The van der Waals surface area contributed by atoms with Crippen molar-refractivity contribution >= 4 is 29.3 Å². The molecule has 0 aromatic heterocycles. The van der Waals surface area contributed by atoms with Crippen molar-refractivity contribution < 1.29 is 23.9 Å². The molecule has 4 N–H and O–H groups in total. The van der Waals surface area contributed by atoms with Crippen LogP contribution in [0.1, 0.15) is 76.8 Å². The van der Waals surface area contributed by atoms with Crippen molar-refractivity contribution in [3.05, 3.63) is 58.7 Å². The second-order valence-electron chi connectivity index (χ2n) is 10.3. The van der Waals surface area contributed by atoms with Gasteiger partial charge in [-0.3, -0.25) is 24.5 Å². The summed E-state index contributed by atoms with van der Waals surface area (Å²) in [6.45, 7) is 0.290. The first-order valence-electron chi connectivity index (χ1n) is 13.4. The zero-order valence-electron chi connectivity index (χ0n) is 21.9. The van der Waals surface area contributed by atoms with Gasteiger partial charge in [-0.1, -0.05) is 30.7 Å². The summed E-state index contributed by atoms with van der Waals surface area (Å²) in [6, 6.07) is 9.82. The van der Waals surface area contributed by atoms with Crippen LogP contribution in [-0.2, 0) is 16.1 Å². The third-order valence-electron chi connectivity index (χ3n) is 7.89. The molecule has 2 fully saturated rings. The van der Waals surface area contributed by atoms with Crippen LogP contribution >= 0.6 is 0 Å². The number of nitrogen functional groups attached to an aromatic ring is 1. The minimum absolute atomic E-state index is 0.00943. The number of hydrogen-bond donors (Lipinski definition) is 3. The highest BCUT2D eigenvalue weighted by Gasteiger charge is 2.39. The number of piperidine rings is 1. The fourth-order valence-electron chi connectivity index (χ4n) is 5.73. The number of rotatable bonds is 5. The van der Waals surface area contributed by atoms with Crippen LogP contribution in [0.5, 0.6) is 5.75 Å². The van der Waals surface area contributed by atoms with E-state index in [0.717, 1.165) is 36.8 Å². The highest BCUT2D eigenvalue weighted by atomic mass is 16.5. The van der Waals surface area contributed by atoms with Gasteiger partial charge < -0.3 is 20.7 Å². The van der Waals surface area contributed by atoms with Crippen LogP contribution in [0.4, 0.5) is 5.69 Å². The maximum atomic E-state index is 13.1. The summed E-state index contributed by atoms with van der Waals surface area (Å²) in [5.41, 5.74) is 8.99. The number of hydrogen-bond acceptors (Lipinski definition) is 6. The van der Waals surface area contributed by atoms with Gasteiger partial charge in [-0.15, -0.1) is 0 Å². The molecule has 0 bridgehead atoms. The van der Waals surface area contributed by atoms with Gasteiger partial charge in [-0.05, 0) is 61.1 Å². The number of amides is 4. The summed E-state index contributed by atoms with van der Waals surface area (Å²) in [4.78, 5) is 51.5. The largest absolute Gasteiger partial charge is 0.495 e. The molecule has 5 rings (SSSR count). The van der Waals surface area contributed by atoms with Crippen LogP contribution in [0.25, 0.3) is 0 Å². The zero-order chi connectivity index (χ0) is 27.5. The van der Waals surface area contributed by atoms with Crippen LogP contribution in [0, 0.1) is 17.8 Å². The lowest BCUT2D eigenvalue weighted by molar-refractivity contribution is -0.136. The fraction of sp³-hybridized carbons (Fsp3) is 0.400. The van der Waals surface area contributed by atoms with E-state index in [0.29, 0.717) is 42.0 Å². The van der Waals surface area contributed by atoms with Crippen LogP contribution in [0.3, 0.4) is 0 Å². The zero-order valence-corrected chi connectivity index (χ0v) is 21.9. The van der Waals surface area contributed by atoms with Crippen molar-refractivity contribution in [2.75, 3.05) is 12.8 Å². The molecule has 3 atom stereocenters. The van der Waals surface area contributed by atoms with Gasteiger partial charge in [0.25, 0.3) is 11.8 Å². The van der Waals surface area contributed by atoms with Crippen molar-refractivity contribution in [2.45, 2.75) is 63.6 Å². The minimum atomic E-state index is -0.656. The molecule has 1 aliphatic carbocycles. The molecule has 1 saturated carbocycles. The smallest absolute Gasteiger partial charge is 0.255 e. The van der Waals surface area contributed by atoms with E-state index in [9.17, 15) is 19.2 Å². The third-order valence-corrected chi connectivity index (χ3v) is 7.89. The van der Waals surface area contributed by atoms with Gasteiger partial charge in [0.1, 0.15) is 11.8 Å². The van der Waals surface area contributed by atoms with Crippen LogP contribution < -0.4 is 21.1 Å². The number of carbonyl (C=O) groups is 4. The number of fused-ring (bicyclic) bond motifs is 1. The number of ether oxygens (including phenoxy) is 1. The van der Waals surface area contributed by atoms with Gasteiger partial charge in [0.15, 0.2) is 0 Å². The van der Waals surface area contributed by atoms with E-state index in [1.54, 1.807) is 30.3 Å². The van der Waals surface area contributed by atoms with Crippen molar-refractivity contribution in [2.24, 2.45) is 5.92 Å². The Morgan fingerprint density at radius 1 is 1.15 bits per heavy atom. The Balaban J connectivity index is 1.27. The molecule has 9 nitrogen and oxygen atoms in total. The number of methoxy groups -OCH3 is 1. The number of imide groups is 1. The van der Waals surface area contributed by atoms with Gasteiger partial charge in [0.05, 0.1) is 12.8 Å². The summed E-state index contributed by atoms with van der Waals surface area (Å²) in [5.74, 6) is 6.13. The first-order valence-corrected chi connectivity index (χ1v) is 13.4. The predicted molar refractivity (Wildman–Crippen MR) is 145 cm³/mol. The number of nitrogens with one attached hydrogen (secondary N) is 2. The number of benzene rings is 2. The molecule has 2 aromatic carbocycles. The van der Waals surface area contributed by atoms with Gasteiger partial charge in [-0.2, -0.15) is 0 Å². The Kier molecular flexibility index (Phi) is 7.55. The molecule has 0 radical (unpaired) electrons. The number of carbonyl (C=O) groups excluding carboxylic acids is 4. The average Bonchev–Trinajstić information content (AvgIpc) is 3.26. The normalized spacial score (nSPS) is 22.4. The highest BCUT2D eigenvalue weighted by molar-refractivity contribution is 6.05. The summed E-state index contributed by atoms with van der Waals surface area (Å²) < 4.78 is 5.25. The number of nitrogens with zero attached hydrogens (tertiary/aromatic N) is 1. The van der Waals surface area contributed by atoms with Gasteiger partial charge in [0, 0.05) is 42.1 Å². The van der Waals surface area contributed by atoms with E-state index >= 15 is 0 Å². The standard InChI is InChI=1S/C30H32N4O5/c1-39-26-16-20(12-13-23(26)31)28(36)32-24-11-3-2-6-19(24)9-4-7-18-8-5-10-21-22(18)17-34(30(21)38)25-14-15-27(35)33-29(25)37/h5,8,10,12-13,16,19,24-25H,2-3,6,9,11,14-15,17,31H2,1H3,(H,32,36)(H,33,35,37)/t19-,24-,25?/m0/s1. The molecule has 9 heteroatoms. The van der Waals surface area contributed by atoms with Crippen molar-refractivity contribution in [1.82, 2.24) is 15.5 Å². The molecule has 1 saturated heterocycles. The van der Waals surface area contributed by atoms with Gasteiger partial charge >= 0.3 is 0 Å². The molecular weight excluding hydrogens is 496 g/mol. The molecule has 2 aliphatic heterocycles. The summed E-state index contributed by atoms with van der Waals surface area (Å²) >= 11 is 0. The first-order chi connectivity index (χ1) is 18.9. The topological polar surface area (TPSA) is 131 Å². The van der Waals surface area contributed by atoms with Crippen molar-refractivity contribution in [1.29, 1.82) is 0 Å². The predicted octanol–water partition coefficient (Wildman–Crippen LogP) is 2.77. The lowest BCUT2D eigenvalue weighted by Crippen LogP contribution is -2.52. The van der Waals surface area contributed by atoms with E-state index in [1.165, 1.54) is 12.0 Å². The Bertz CT molecular complexity index is 1390. The van der Waals surface area contributed by atoms with Gasteiger partial charge in [-0.25, -0.2) is 0 Å². The van der Waals surface area contributed by atoms with Gasteiger partial charge in [0.2, 0.25) is 11.8 Å². The van der Waals surface area contributed by atoms with Crippen LogP contribution in [0.15, 0.2) is 36.4 Å². The minimum Gasteiger partial charge on any atom is -0.495 e. The summed E-state index contributed by atoms with van der Waals surface area (Å²) in [7, 11) is 1.52. The number of anilines is 1. The van der Waals surface area contributed by atoms with E-state index in [4.69, 9.17) is 10.5 Å². The van der Waals surface area contributed by atoms with E-state index in [-0.39, 0.29) is 36.1 Å². The monoisotopic (exact) mass is 528 g/mol. The molecule has 39 heavy (non-hydrogen) atoms. The van der Waals surface area contributed by atoms with E-state index in [2.05, 4.69) is 22.5 Å². The average molecular weight is 529 g/mol. The quantitative estimate of drug-likeness (QED) is 0.311. The molecule has 2 aromatic rings. The van der Waals surface area contributed by atoms with Crippen molar-refractivity contribution in [3.63, 3.8) is 0 Å². The SMILES string of the molecule is COc1cc(C(=O)N[C@H]2CCCC[C@H]2CC#Cc2cccc3c2CN(C2CCC(=O)NC2=O)C3=O)ccc1N. The highest BCUT2D eigenvalue weighted by Crippen LogP contribution is 2.31. The molecular formula is C30H32N4O5. The molecule has 4 amide bonds. The van der Waals surface area contributed by atoms with Crippen molar-refractivity contribution in [3.8, 4) is 17.6 Å². The number of nitrogens with two attached hydrogens (primary N) is 1. The second kappa shape index (κ2) is 11.2. The Morgan fingerprint density at radius 2 is 1.97 bits per heavy atom. The molecule has 202 valence electrons. The van der Waals surface area contributed by atoms with Crippen LogP contribution in [0.2, 0.25) is 0 Å². The lowest BCUT2D eigenvalue weighted by Gasteiger charge is -2.31. The Hall–Kier alpha value is -4.32. The molecule has 2 heterocycles. The second-order valence-corrected chi connectivity index (χ2v) is 10.3. The summed E-state index contributed by atoms with van der Waals surface area (Å²) in [6.07, 6.45) is 5.15. The van der Waals surface area contributed by atoms with E-state index < -0.39 is 11.9 Å². The molecule has 3 aliphatic rings. The Morgan fingerprint density at radius 3 is 2.77 bits per heavy atom. The maximum Gasteiger partial charge on any atom is 0.255 e. The molecule has 0 spiro atoms. The summed E-state index contributed by atoms with van der Waals surface area (Å²) in [5, 5.41) is 5.52. The first kappa shape index (κ1) is 26.3. The molecule has 1 unspecified atom stereocenters. The third kappa shape index (κ3) is 5.46. The lowest BCUT2D eigenvalue weighted by atomic mass is 9.82. The fourth-order valence-corrected chi connectivity index (χ4v) is 5.73.